The van der Waals surface area contributed by atoms with Crippen LogP contribution in [0.1, 0.15) is 31.7 Å². The van der Waals surface area contributed by atoms with Crippen molar-refractivity contribution >= 4 is 0 Å². The van der Waals surface area contributed by atoms with Crippen molar-refractivity contribution in [2.75, 3.05) is 0 Å². The summed E-state index contributed by atoms with van der Waals surface area (Å²) in [4.78, 5) is 0. The van der Waals surface area contributed by atoms with E-state index in [1.807, 2.05) is 18.2 Å². The first kappa shape index (κ1) is 9.97. The molecule has 0 saturated heterocycles. The molecule has 2 aromatic rings. The molecule has 1 unspecified atom stereocenters. The fourth-order valence-corrected chi connectivity index (χ4v) is 1.63. The van der Waals surface area contributed by atoms with Gasteiger partial charge in [0.05, 0.1) is 0 Å². The van der Waals surface area contributed by atoms with E-state index in [2.05, 4.69) is 31.1 Å². The Bertz CT molecular complexity index is 419. The highest BCUT2D eigenvalue weighted by molar-refractivity contribution is 5.62. The number of aromatic nitrogens is 1. The van der Waals surface area contributed by atoms with E-state index in [1.165, 1.54) is 5.56 Å². The molecule has 15 heavy (non-hydrogen) atoms. The predicted molar refractivity (Wildman–Crippen MR) is 60.6 cm³/mol. The predicted octanol–water partition coefficient (Wildman–Crippen LogP) is 3.86. The van der Waals surface area contributed by atoms with Gasteiger partial charge in [0, 0.05) is 11.1 Å². The van der Waals surface area contributed by atoms with Crippen molar-refractivity contribution in [3.8, 4) is 11.3 Å². The van der Waals surface area contributed by atoms with Crippen LogP contribution in [-0.2, 0) is 0 Å². The third kappa shape index (κ3) is 1.94. The van der Waals surface area contributed by atoms with E-state index in [4.69, 9.17) is 4.52 Å². The minimum Gasteiger partial charge on any atom is -0.364 e. The Labute approximate surface area is 89.9 Å². The van der Waals surface area contributed by atoms with Gasteiger partial charge in [-0.2, -0.15) is 0 Å². The van der Waals surface area contributed by atoms with E-state index in [-0.39, 0.29) is 0 Å². The molecule has 1 atom stereocenters. The number of benzene rings is 1. The van der Waals surface area contributed by atoms with Gasteiger partial charge < -0.3 is 4.52 Å². The highest BCUT2D eigenvalue weighted by Crippen LogP contribution is 2.29. The second-order valence-corrected chi connectivity index (χ2v) is 3.79. The van der Waals surface area contributed by atoms with Crippen LogP contribution < -0.4 is 0 Å². The Morgan fingerprint density at radius 3 is 2.67 bits per heavy atom. The summed E-state index contributed by atoms with van der Waals surface area (Å²) in [6, 6.07) is 10.2. The maximum absolute atomic E-state index is 5.07. The molecule has 0 amide bonds. The minimum absolute atomic E-state index is 0.492. The van der Waals surface area contributed by atoms with Gasteiger partial charge in [0.2, 0.25) is 0 Å². The van der Waals surface area contributed by atoms with Crippen LogP contribution in [0, 0.1) is 0 Å². The van der Waals surface area contributed by atoms with Crippen molar-refractivity contribution in [2.24, 2.45) is 0 Å². The molecule has 2 heteroatoms. The molecule has 0 N–H and O–H groups in total. The second kappa shape index (κ2) is 4.30. The summed E-state index contributed by atoms with van der Waals surface area (Å²) < 4.78 is 5.07. The lowest BCUT2D eigenvalue weighted by Gasteiger charge is -2.06. The molecular formula is C13H15NO. The Hall–Kier alpha value is -1.57. The molecule has 0 saturated carbocycles. The normalized spacial score (nSPS) is 12.7. The van der Waals surface area contributed by atoms with Crippen LogP contribution in [-0.4, -0.2) is 5.16 Å². The van der Waals surface area contributed by atoms with Gasteiger partial charge in [-0.15, -0.1) is 0 Å². The highest BCUT2D eigenvalue weighted by Gasteiger charge is 2.14. The Morgan fingerprint density at radius 2 is 2.00 bits per heavy atom. The molecular weight excluding hydrogens is 186 g/mol. The van der Waals surface area contributed by atoms with Gasteiger partial charge in [0.1, 0.15) is 12.0 Å². The monoisotopic (exact) mass is 201 g/mol. The molecule has 2 nitrogen and oxygen atoms in total. The van der Waals surface area contributed by atoms with Crippen molar-refractivity contribution in [3.63, 3.8) is 0 Å². The summed E-state index contributed by atoms with van der Waals surface area (Å²) in [7, 11) is 0. The molecule has 0 bridgehead atoms. The van der Waals surface area contributed by atoms with Crippen LogP contribution in [0.25, 0.3) is 11.3 Å². The molecule has 1 heterocycles. The highest BCUT2D eigenvalue weighted by atomic mass is 16.5. The van der Waals surface area contributed by atoms with E-state index in [0.29, 0.717) is 5.92 Å². The lowest BCUT2D eigenvalue weighted by molar-refractivity contribution is 0.420. The van der Waals surface area contributed by atoms with Gasteiger partial charge >= 0.3 is 0 Å². The zero-order valence-corrected chi connectivity index (χ0v) is 9.10. The SMILES string of the molecule is CCC(C)c1conc1-c1ccccc1. The van der Waals surface area contributed by atoms with E-state index in [1.54, 1.807) is 6.26 Å². The summed E-state index contributed by atoms with van der Waals surface area (Å²) in [5.41, 5.74) is 3.30. The summed E-state index contributed by atoms with van der Waals surface area (Å²) in [6.07, 6.45) is 2.86. The van der Waals surface area contributed by atoms with Crippen molar-refractivity contribution in [2.45, 2.75) is 26.2 Å². The summed E-state index contributed by atoms with van der Waals surface area (Å²) in [6.45, 7) is 4.37. The van der Waals surface area contributed by atoms with E-state index in [9.17, 15) is 0 Å². The van der Waals surface area contributed by atoms with Crippen LogP contribution in [0.2, 0.25) is 0 Å². The van der Waals surface area contributed by atoms with E-state index >= 15 is 0 Å². The second-order valence-electron chi connectivity index (χ2n) is 3.79. The summed E-state index contributed by atoms with van der Waals surface area (Å²) >= 11 is 0. The maximum atomic E-state index is 5.07. The number of hydrogen-bond acceptors (Lipinski definition) is 2. The zero-order valence-electron chi connectivity index (χ0n) is 9.10. The molecule has 0 radical (unpaired) electrons. The topological polar surface area (TPSA) is 26.0 Å². The largest absolute Gasteiger partial charge is 0.364 e. The van der Waals surface area contributed by atoms with Gasteiger partial charge in [-0.1, -0.05) is 49.3 Å². The first-order chi connectivity index (χ1) is 7.33. The minimum atomic E-state index is 0.492. The van der Waals surface area contributed by atoms with Crippen molar-refractivity contribution in [3.05, 3.63) is 42.2 Å². The van der Waals surface area contributed by atoms with Crippen molar-refractivity contribution in [1.82, 2.24) is 5.16 Å². The van der Waals surface area contributed by atoms with Crippen LogP contribution in [0.4, 0.5) is 0 Å². The van der Waals surface area contributed by atoms with Gasteiger partial charge in [0.15, 0.2) is 0 Å². The Balaban J connectivity index is 2.41. The van der Waals surface area contributed by atoms with Gasteiger partial charge in [-0.25, -0.2) is 0 Å². The molecule has 0 aliphatic heterocycles. The number of hydrogen-bond donors (Lipinski definition) is 0. The fourth-order valence-electron chi connectivity index (χ4n) is 1.63. The van der Waals surface area contributed by atoms with Crippen LogP contribution >= 0.6 is 0 Å². The fraction of sp³-hybridized carbons (Fsp3) is 0.308. The lowest BCUT2D eigenvalue weighted by atomic mass is 9.96. The quantitative estimate of drug-likeness (QED) is 0.753. The Kier molecular flexibility index (Phi) is 2.86. The lowest BCUT2D eigenvalue weighted by Crippen LogP contribution is -1.92. The molecule has 0 aliphatic rings. The average molecular weight is 201 g/mol. The first-order valence-corrected chi connectivity index (χ1v) is 5.32. The van der Waals surface area contributed by atoms with E-state index in [0.717, 1.165) is 17.7 Å². The standard InChI is InChI=1S/C13H15NO/c1-3-10(2)12-9-15-14-13(12)11-7-5-4-6-8-11/h4-10H,3H2,1-2H3. The maximum Gasteiger partial charge on any atom is 0.127 e. The zero-order chi connectivity index (χ0) is 10.7. The third-order valence-corrected chi connectivity index (χ3v) is 2.79. The first-order valence-electron chi connectivity index (χ1n) is 5.32. The molecule has 78 valence electrons. The average Bonchev–Trinajstić information content (AvgIpc) is 2.78. The Morgan fingerprint density at radius 1 is 1.27 bits per heavy atom. The number of nitrogens with zero attached hydrogens (tertiary/aromatic N) is 1. The van der Waals surface area contributed by atoms with Crippen LogP contribution in [0.15, 0.2) is 41.1 Å². The molecule has 1 aromatic carbocycles. The van der Waals surface area contributed by atoms with Crippen LogP contribution in [0.5, 0.6) is 0 Å². The number of rotatable bonds is 3. The smallest absolute Gasteiger partial charge is 0.127 e. The van der Waals surface area contributed by atoms with Crippen LogP contribution in [0.3, 0.4) is 0 Å². The molecule has 1 aromatic heterocycles. The van der Waals surface area contributed by atoms with Gasteiger partial charge in [-0.3, -0.25) is 0 Å². The summed E-state index contributed by atoms with van der Waals surface area (Å²) in [5, 5.41) is 4.08. The summed E-state index contributed by atoms with van der Waals surface area (Å²) in [5.74, 6) is 0.492. The molecule has 0 spiro atoms. The van der Waals surface area contributed by atoms with E-state index < -0.39 is 0 Å². The van der Waals surface area contributed by atoms with Crippen molar-refractivity contribution < 1.29 is 4.52 Å². The molecule has 0 aliphatic carbocycles. The van der Waals surface area contributed by atoms with Crippen molar-refractivity contribution in [1.29, 1.82) is 0 Å². The van der Waals surface area contributed by atoms with Gasteiger partial charge in [-0.05, 0) is 12.3 Å². The third-order valence-electron chi connectivity index (χ3n) is 2.79. The molecule has 0 fully saturated rings. The molecule has 2 rings (SSSR count). The van der Waals surface area contributed by atoms with Gasteiger partial charge in [0.25, 0.3) is 0 Å².